The number of nitrogens with one attached hydrogen (secondary N) is 1. The second-order valence-electron chi connectivity index (χ2n) is 11.9. The van der Waals surface area contributed by atoms with Crippen LogP contribution in [-0.4, -0.2) is 44.3 Å². The van der Waals surface area contributed by atoms with Crippen LogP contribution in [-0.2, 0) is 32.6 Å². The van der Waals surface area contributed by atoms with Gasteiger partial charge in [-0.3, -0.25) is 13.9 Å². The van der Waals surface area contributed by atoms with Gasteiger partial charge in [-0.15, -0.1) is 0 Å². The number of hydrogen-bond donors (Lipinski definition) is 1. The lowest BCUT2D eigenvalue weighted by Crippen LogP contribution is -2.54. The fourth-order valence-electron chi connectivity index (χ4n) is 5.14. The van der Waals surface area contributed by atoms with E-state index in [1.807, 2.05) is 101 Å². The lowest BCUT2D eigenvalue weighted by molar-refractivity contribution is -0.140. The molecule has 0 bridgehead atoms. The first-order valence-corrected chi connectivity index (χ1v) is 16.7. The summed E-state index contributed by atoms with van der Waals surface area (Å²) in [6.07, 6.45) is 0.275. The summed E-state index contributed by atoms with van der Waals surface area (Å²) in [7, 11) is -4.14. The SMILES string of the molecule is Cc1ccc(S(=O)(=O)N(CC(=O)N(Cc2ccccc2C)[C@@H](Cc2ccccc2)C(=O)NCC(C)C)c2ccccc2C)cc1. The predicted octanol–water partition coefficient (Wildman–Crippen LogP) is 6.22. The lowest BCUT2D eigenvalue weighted by atomic mass is 10.0. The van der Waals surface area contributed by atoms with Gasteiger partial charge >= 0.3 is 0 Å². The molecule has 0 aromatic heterocycles. The molecule has 0 aliphatic rings. The van der Waals surface area contributed by atoms with Gasteiger partial charge < -0.3 is 10.2 Å². The summed E-state index contributed by atoms with van der Waals surface area (Å²) >= 11 is 0. The van der Waals surface area contributed by atoms with Crippen molar-refractivity contribution >= 4 is 27.5 Å². The van der Waals surface area contributed by atoms with Crippen LogP contribution in [0, 0.1) is 26.7 Å². The molecule has 0 radical (unpaired) electrons. The third-order valence-corrected chi connectivity index (χ3v) is 9.60. The maximum atomic E-state index is 14.6. The van der Waals surface area contributed by atoms with Crippen LogP contribution in [0.4, 0.5) is 5.69 Å². The van der Waals surface area contributed by atoms with E-state index in [0.29, 0.717) is 17.8 Å². The van der Waals surface area contributed by atoms with Gasteiger partial charge in [0.05, 0.1) is 10.6 Å². The number of anilines is 1. The zero-order valence-electron chi connectivity index (χ0n) is 26.7. The largest absolute Gasteiger partial charge is 0.354 e. The molecule has 0 aliphatic heterocycles. The Labute approximate surface area is 268 Å². The molecule has 0 unspecified atom stereocenters. The molecule has 236 valence electrons. The minimum absolute atomic E-state index is 0.0881. The molecule has 0 saturated heterocycles. The summed E-state index contributed by atoms with van der Waals surface area (Å²) in [5.41, 5.74) is 4.79. The Balaban J connectivity index is 1.81. The van der Waals surface area contributed by atoms with Crippen LogP contribution < -0.4 is 9.62 Å². The van der Waals surface area contributed by atoms with Gasteiger partial charge in [-0.25, -0.2) is 8.42 Å². The minimum atomic E-state index is -4.14. The van der Waals surface area contributed by atoms with E-state index < -0.39 is 28.5 Å². The second-order valence-corrected chi connectivity index (χ2v) is 13.8. The van der Waals surface area contributed by atoms with Gasteiger partial charge in [-0.05, 0) is 67.1 Å². The number of amides is 2. The molecule has 4 rings (SSSR count). The summed E-state index contributed by atoms with van der Waals surface area (Å²) in [6.45, 7) is 9.81. The van der Waals surface area contributed by atoms with Gasteiger partial charge in [0.1, 0.15) is 12.6 Å². The van der Waals surface area contributed by atoms with Crippen LogP contribution in [0.3, 0.4) is 0 Å². The van der Waals surface area contributed by atoms with Crippen molar-refractivity contribution in [1.82, 2.24) is 10.2 Å². The van der Waals surface area contributed by atoms with E-state index >= 15 is 0 Å². The summed E-state index contributed by atoms with van der Waals surface area (Å²) in [4.78, 5) is 30.1. The summed E-state index contributed by atoms with van der Waals surface area (Å²) in [5, 5.41) is 3.03. The lowest BCUT2D eigenvalue weighted by Gasteiger charge is -2.34. The van der Waals surface area contributed by atoms with Crippen LogP contribution in [0.15, 0.2) is 108 Å². The Morgan fingerprint density at radius 2 is 1.36 bits per heavy atom. The van der Waals surface area contributed by atoms with E-state index in [4.69, 9.17) is 0 Å². The molecule has 0 heterocycles. The standard InChI is InChI=1S/C37H43N3O4S/c1-27(2)24-38-37(42)35(23-31-15-7-6-8-16-31)39(25-32-17-11-9-13-29(32)4)36(41)26-40(34-18-12-10-14-30(34)5)45(43,44)33-21-19-28(3)20-22-33/h6-22,27,35H,23-26H2,1-5H3,(H,38,42)/t35-/m0/s1. The third-order valence-electron chi connectivity index (χ3n) is 7.83. The summed E-state index contributed by atoms with van der Waals surface area (Å²) in [5.74, 6) is -0.542. The van der Waals surface area contributed by atoms with E-state index in [1.165, 1.54) is 4.31 Å². The number of sulfonamides is 1. The van der Waals surface area contributed by atoms with E-state index in [9.17, 15) is 18.0 Å². The molecular weight excluding hydrogens is 582 g/mol. The van der Waals surface area contributed by atoms with Crippen molar-refractivity contribution in [2.45, 2.75) is 58.5 Å². The molecule has 8 heteroatoms. The molecule has 0 aliphatic carbocycles. The zero-order valence-corrected chi connectivity index (χ0v) is 27.6. The number of carbonyl (C=O) groups is 2. The molecule has 0 saturated carbocycles. The number of rotatable bonds is 13. The highest BCUT2D eigenvalue weighted by Crippen LogP contribution is 2.28. The first-order chi connectivity index (χ1) is 21.5. The molecular formula is C37H43N3O4S. The fraction of sp³-hybridized carbons (Fsp3) is 0.297. The number of aryl methyl sites for hydroxylation is 3. The highest BCUT2D eigenvalue weighted by Gasteiger charge is 2.35. The fourth-order valence-corrected chi connectivity index (χ4v) is 6.62. The topological polar surface area (TPSA) is 86.8 Å². The Morgan fingerprint density at radius 3 is 1.98 bits per heavy atom. The number of nitrogens with zero attached hydrogens (tertiary/aromatic N) is 2. The van der Waals surface area contributed by atoms with Crippen molar-refractivity contribution in [1.29, 1.82) is 0 Å². The van der Waals surface area contributed by atoms with Crippen molar-refractivity contribution < 1.29 is 18.0 Å². The minimum Gasteiger partial charge on any atom is -0.354 e. The number of carbonyl (C=O) groups excluding carboxylic acids is 2. The van der Waals surface area contributed by atoms with Gasteiger partial charge in [0.15, 0.2) is 0 Å². The summed E-state index contributed by atoms with van der Waals surface area (Å²) in [6, 6.07) is 30.1. The van der Waals surface area contributed by atoms with E-state index in [-0.39, 0.29) is 29.7 Å². The van der Waals surface area contributed by atoms with Gasteiger partial charge in [-0.1, -0.05) is 104 Å². The molecule has 4 aromatic carbocycles. The average molecular weight is 626 g/mol. The first-order valence-electron chi connectivity index (χ1n) is 15.3. The van der Waals surface area contributed by atoms with Crippen molar-refractivity contribution in [3.8, 4) is 0 Å². The quantitative estimate of drug-likeness (QED) is 0.191. The highest BCUT2D eigenvalue weighted by molar-refractivity contribution is 7.92. The van der Waals surface area contributed by atoms with Crippen LogP contribution >= 0.6 is 0 Å². The first kappa shape index (κ1) is 33.5. The molecule has 1 N–H and O–H groups in total. The Bertz CT molecular complexity index is 1700. The molecule has 0 fully saturated rings. The van der Waals surface area contributed by atoms with Gasteiger partial charge in [0.2, 0.25) is 11.8 Å². The van der Waals surface area contributed by atoms with E-state index in [2.05, 4.69) is 5.32 Å². The van der Waals surface area contributed by atoms with Gasteiger partial charge in [0.25, 0.3) is 10.0 Å². The maximum Gasteiger partial charge on any atom is 0.264 e. The van der Waals surface area contributed by atoms with Crippen molar-refractivity contribution in [2.75, 3.05) is 17.4 Å². The number of benzene rings is 4. The van der Waals surface area contributed by atoms with Crippen molar-refractivity contribution in [2.24, 2.45) is 5.92 Å². The highest BCUT2D eigenvalue weighted by atomic mass is 32.2. The second kappa shape index (κ2) is 15.0. The van der Waals surface area contributed by atoms with E-state index in [0.717, 1.165) is 22.3 Å². The van der Waals surface area contributed by atoms with Gasteiger partial charge in [-0.2, -0.15) is 0 Å². The van der Waals surface area contributed by atoms with E-state index in [1.54, 1.807) is 41.3 Å². The predicted molar refractivity (Wildman–Crippen MR) is 180 cm³/mol. The van der Waals surface area contributed by atoms with Crippen LogP contribution in [0.2, 0.25) is 0 Å². The molecule has 1 atom stereocenters. The van der Waals surface area contributed by atoms with Crippen LogP contribution in [0.25, 0.3) is 0 Å². The maximum absolute atomic E-state index is 14.6. The Hall–Kier alpha value is -4.43. The Kier molecular flexibility index (Phi) is 11.2. The monoisotopic (exact) mass is 625 g/mol. The molecule has 45 heavy (non-hydrogen) atoms. The molecule has 2 amide bonds. The Morgan fingerprint density at radius 1 is 0.756 bits per heavy atom. The smallest absolute Gasteiger partial charge is 0.264 e. The van der Waals surface area contributed by atoms with Crippen molar-refractivity contribution in [3.05, 3.63) is 131 Å². The molecule has 4 aromatic rings. The third kappa shape index (κ3) is 8.60. The zero-order chi connectivity index (χ0) is 32.6. The van der Waals surface area contributed by atoms with Gasteiger partial charge in [0, 0.05) is 19.5 Å². The molecule has 0 spiro atoms. The molecule has 7 nitrogen and oxygen atoms in total. The normalized spacial score (nSPS) is 12.0. The van der Waals surface area contributed by atoms with Crippen LogP contribution in [0.5, 0.6) is 0 Å². The van der Waals surface area contributed by atoms with Crippen molar-refractivity contribution in [3.63, 3.8) is 0 Å². The van der Waals surface area contributed by atoms with Crippen LogP contribution in [0.1, 0.15) is 41.7 Å². The number of para-hydroxylation sites is 1. The number of hydrogen-bond acceptors (Lipinski definition) is 4. The average Bonchev–Trinajstić information content (AvgIpc) is 3.02. The summed E-state index contributed by atoms with van der Waals surface area (Å²) < 4.78 is 29.6.